The summed E-state index contributed by atoms with van der Waals surface area (Å²) in [4.78, 5) is 17.0. The Bertz CT molecular complexity index is 616. The van der Waals surface area contributed by atoms with Gasteiger partial charge in [-0.1, -0.05) is 18.2 Å². The first-order valence-corrected chi connectivity index (χ1v) is 7.22. The Morgan fingerprint density at radius 1 is 1.20 bits per heavy atom. The van der Waals surface area contributed by atoms with Crippen molar-refractivity contribution in [1.29, 1.82) is 0 Å². The van der Waals surface area contributed by atoms with Crippen molar-refractivity contribution in [3.8, 4) is 0 Å². The molecule has 1 aromatic heterocycles. The van der Waals surface area contributed by atoms with E-state index in [1.54, 1.807) is 0 Å². The van der Waals surface area contributed by atoms with E-state index in [-0.39, 0.29) is 5.91 Å². The second-order valence-electron chi connectivity index (χ2n) is 5.91. The Morgan fingerprint density at radius 2 is 1.90 bits per heavy atom. The van der Waals surface area contributed by atoms with Crippen molar-refractivity contribution in [2.24, 2.45) is 0 Å². The Hall–Kier alpha value is -1.81. The van der Waals surface area contributed by atoms with E-state index in [4.69, 9.17) is 4.42 Å². The zero-order chi connectivity index (χ0) is 13.7. The lowest BCUT2D eigenvalue weighted by Gasteiger charge is -2.38. The van der Waals surface area contributed by atoms with Gasteiger partial charge in [0.2, 0.25) is 0 Å². The summed E-state index contributed by atoms with van der Waals surface area (Å²) in [5, 5.41) is 0.993. The predicted octanol–water partition coefficient (Wildman–Crippen LogP) is 2.35. The van der Waals surface area contributed by atoms with Crippen LogP contribution in [0.25, 0.3) is 11.0 Å². The largest absolute Gasteiger partial charge is 0.451 e. The van der Waals surface area contributed by atoms with Crippen LogP contribution in [0.4, 0.5) is 0 Å². The van der Waals surface area contributed by atoms with Crippen LogP contribution >= 0.6 is 0 Å². The number of furan rings is 1. The van der Waals surface area contributed by atoms with Gasteiger partial charge in [-0.05, 0) is 32.0 Å². The molecule has 0 aliphatic carbocycles. The van der Waals surface area contributed by atoms with Crippen LogP contribution in [0.15, 0.2) is 34.7 Å². The normalized spacial score (nSPS) is 26.4. The fourth-order valence-electron chi connectivity index (χ4n) is 3.52. The van der Waals surface area contributed by atoms with Crippen LogP contribution in [-0.4, -0.2) is 47.9 Å². The van der Waals surface area contributed by atoms with Gasteiger partial charge in [0, 0.05) is 30.6 Å². The van der Waals surface area contributed by atoms with Gasteiger partial charge in [-0.15, -0.1) is 0 Å². The molecule has 0 radical (unpaired) electrons. The highest BCUT2D eigenvalue weighted by molar-refractivity contribution is 5.96. The first kappa shape index (κ1) is 12.0. The average molecular weight is 270 g/mol. The third-order valence-electron chi connectivity index (χ3n) is 4.77. The summed E-state index contributed by atoms with van der Waals surface area (Å²) >= 11 is 0. The quantitative estimate of drug-likeness (QED) is 0.798. The van der Waals surface area contributed by atoms with Gasteiger partial charge in [0.15, 0.2) is 5.76 Å². The predicted molar refractivity (Wildman–Crippen MR) is 76.7 cm³/mol. The molecule has 1 amide bonds. The van der Waals surface area contributed by atoms with Crippen molar-refractivity contribution in [3.63, 3.8) is 0 Å². The molecule has 20 heavy (non-hydrogen) atoms. The number of piperazine rings is 1. The maximum Gasteiger partial charge on any atom is 0.289 e. The molecular weight excluding hydrogens is 252 g/mol. The smallest absolute Gasteiger partial charge is 0.289 e. The molecule has 2 aliphatic heterocycles. The molecule has 4 heteroatoms. The number of amides is 1. The number of nitrogens with zero attached hydrogens (tertiary/aromatic N) is 2. The molecule has 2 aliphatic rings. The molecule has 0 saturated carbocycles. The summed E-state index contributed by atoms with van der Waals surface area (Å²) in [6.45, 7) is 1.64. The molecular formula is C16H18N2O2. The van der Waals surface area contributed by atoms with Crippen molar-refractivity contribution in [2.45, 2.75) is 24.9 Å². The Labute approximate surface area is 117 Å². The molecule has 2 bridgehead atoms. The lowest BCUT2D eigenvalue weighted by molar-refractivity contribution is 0.0497. The highest BCUT2D eigenvalue weighted by Gasteiger charge is 2.39. The molecule has 0 N–H and O–H groups in total. The summed E-state index contributed by atoms with van der Waals surface area (Å²) in [6, 6.07) is 10.7. The number of benzene rings is 1. The number of likely N-dealkylation sites (N-methyl/N-ethyl adjacent to an activating group) is 1. The average Bonchev–Trinajstić information content (AvgIpc) is 2.95. The third-order valence-corrected chi connectivity index (χ3v) is 4.77. The van der Waals surface area contributed by atoms with Crippen molar-refractivity contribution < 1.29 is 9.21 Å². The lowest BCUT2D eigenvalue weighted by atomic mass is 10.2. The van der Waals surface area contributed by atoms with Crippen molar-refractivity contribution >= 4 is 16.9 Å². The fraction of sp³-hybridized carbons (Fsp3) is 0.438. The highest BCUT2D eigenvalue weighted by Crippen LogP contribution is 2.29. The second-order valence-corrected chi connectivity index (χ2v) is 5.91. The number of hydrogen-bond donors (Lipinski definition) is 0. The molecule has 2 unspecified atom stereocenters. The molecule has 2 aromatic rings. The van der Waals surface area contributed by atoms with Crippen LogP contribution < -0.4 is 0 Å². The standard InChI is InChI=1S/C16H18N2O2/c1-17-12-6-7-13(17)10-18(9-12)16(19)15-8-11-4-2-3-5-14(11)20-15/h2-5,8,12-13H,6-7,9-10H2,1H3. The zero-order valence-electron chi connectivity index (χ0n) is 11.6. The maximum atomic E-state index is 12.6. The van der Waals surface area contributed by atoms with Crippen LogP contribution in [0.1, 0.15) is 23.4 Å². The molecule has 104 valence electrons. The van der Waals surface area contributed by atoms with Crippen molar-refractivity contribution in [1.82, 2.24) is 9.80 Å². The minimum absolute atomic E-state index is 0.0335. The van der Waals surface area contributed by atoms with E-state index in [1.807, 2.05) is 35.2 Å². The number of rotatable bonds is 1. The van der Waals surface area contributed by atoms with E-state index < -0.39 is 0 Å². The number of carbonyl (C=O) groups is 1. The van der Waals surface area contributed by atoms with Gasteiger partial charge in [0.05, 0.1) is 0 Å². The van der Waals surface area contributed by atoms with Crippen LogP contribution in [0.5, 0.6) is 0 Å². The molecule has 0 spiro atoms. The van der Waals surface area contributed by atoms with Gasteiger partial charge >= 0.3 is 0 Å². The second kappa shape index (κ2) is 4.35. The number of fused-ring (bicyclic) bond motifs is 3. The Kier molecular flexibility index (Phi) is 2.60. The Morgan fingerprint density at radius 3 is 2.60 bits per heavy atom. The SMILES string of the molecule is CN1C2CCC1CN(C(=O)c1cc3ccccc3o1)C2. The monoisotopic (exact) mass is 270 g/mol. The molecule has 1 aromatic carbocycles. The van der Waals surface area contributed by atoms with E-state index in [2.05, 4.69) is 11.9 Å². The van der Waals surface area contributed by atoms with E-state index in [0.717, 1.165) is 24.1 Å². The van der Waals surface area contributed by atoms with Gasteiger partial charge in [-0.3, -0.25) is 9.69 Å². The highest BCUT2D eigenvalue weighted by atomic mass is 16.3. The maximum absolute atomic E-state index is 12.6. The third kappa shape index (κ3) is 1.75. The summed E-state index contributed by atoms with van der Waals surface area (Å²) in [5.74, 6) is 0.501. The lowest BCUT2D eigenvalue weighted by Crippen LogP contribution is -2.53. The van der Waals surface area contributed by atoms with Gasteiger partial charge < -0.3 is 9.32 Å². The van der Waals surface area contributed by atoms with Crippen LogP contribution in [0, 0.1) is 0 Å². The summed E-state index contributed by atoms with van der Waals surface area (Å²) in [5.41, 5.74) is 0.785. The summed E-state index contributed by atoms with van der Waals surface area (Å²) in [7, 11) is 2.17. The van der Waals surface area contributed by atoms with E-state index in [1.165, 1.54) is 12.8 Å². The number of para-hydroxylation sites is 1. The molecule has 3 heterocycles. The summed E-state index contributed by atoms with van der Waals surface area (Å²) in [6.07, 6.45) is 2.40. The number of carbonyl (C=O) groups excluding carboxylic acids is 1. The van der Waals surface area contributed by atoms with Gasteiger partial charge in [-0.2, -0.15) is 0 Å². The minimum Gasteiger partial charge on any atom is -0.451 e. The molecule has 2 saturated heterocycles. The number of hydrogen-bond acceptors (Lipinski definition) is 3. The van der Waals surface area contributed by atoms with Crippen LogP contribution in [-0.2, 0) is 0 Å². The van der Waals surface area contributed by atoms with Crippen LogP contribution in [0.3, 0.4) is 0 Å². The van der Waals surface area contributed by atoms with Gasteiger partial charge in [0.25, 0.3) is 5.91 Å². The van der Waals surface area contributed by atoms with Crippen molar-refractivity contribution in [3.05, 3.63) is 36.1 Å². The van der Waals surface area contributed by atoms with Gasteiger partial charge in [0.1, 0.15) is 5.58 Å². The van der Waals surface area contributed by atoms with E-state index in [0.29, 0.717) is 17.8 Å². The molecule has 4 rings (SSSR count). The van der Waals surface area contributed by atoms with Crippen LogP contribution in [0.2, 0.25) is 0 Å². The minimum atomic E-state index is 0.0335. The topological polar surface area (TPSA) is 36.7 Å². The first-order chi connectivity index (χ1) is 9.72. The molecule has 2 atom stereocenters. The fourth-order valence-corrected chi connectivity index (χ4v) is 3.52. The van der Waals surface area contributed by atoms with E-state index in [9.17, 15) is 4.79 Å². The van der Waals surface area contributed by atoms with E-state index >= 15 is 0 Å². The van der Waals surface area contributed by atoms with Gasteiger partial charge in [-0.25, -0.2) is 0 Å². The first-order valence-electron chi connectivity index (χ1n) is 7.22. The number of likely N-dealkylation sites (tertiary alicyclic amines) is 1. The Balaban J connectivity index is 1.61. The molecule has 2 fully saturated rings. The van der Waals surface area contributed by atoms with Crippen molar-refractivity contribution in [2.75, 3.05) is 20.1 Å². The summed E-state index contributed by atoms with van der Waals surface area (Å²) < 4.78 is 5.70. The molecule has 4 nitrogen and oxygen atoms in total. The zero-order valence-corrected chi connectivity index (χ0v) is 11.6.